The molecule has 0 radical (unpaired) electrons. The van der Waals surface area contributed by atoms with Crippen LogP contribution in [-0.4, -0.2) is 17.0 Å². The minimum atomic E-state index is -0.807. The van der Waals surface area contributed by atoms with Crippen LogP contribution in [0.15, 0.2) is 29.4 Å². The van der Waals surface area contributed by atoms with Crippen molar-refractivity contribution in [3.63, 3.8) is 0 Å². The molecule has 0 spiro atoms. The first kappa shape index (κ1) is 14.4. The van der Waals surface area contributed by atoms with Crippen molar-refractivity contribution in [2.75, 3.05) is 0 Å². The Hall–Kier alpha value is -2.04. The standard InChI is InChI=1S/C15H21N3O2/c1-2-11-4-6-12(7-5-11)10-17-14(19)15(8-3-9-15)13(16)18-20/h4-7,20H,2-3,8-10H2,1H3,(H2,16,18)(H,17,19). The largest absolute Gasteiger partial charge is 0.409 e. The fourth-order valence-electron chi connectivity index (χ4n) is 2.47. The molecule has 1 amide bonds. The first-order chi connectivity index (χ1) is 9.62. The van der Waals surface area contributed by atoms with Crippen LogP contribution in [0.4, 0.5) is 0 Å². The van der Waals surface area contributed by atoms with E-state index in [0.29, 0.717) is 19.4 Å². The molecule has 1 fully saturated rings. The summed E-state index contributed by atoms with van der Waals surface area (Å²) in [5.74, 6) is -0.138. The molecule has 1 aromatic rings. The number of nitrogens with zero attached hydrogens (tertiary/aromatic N) is 1. The number of nitrogens with two attached hydrogens (primary N) is 1. The van der Waals surface area contributed by atoms with E-state index in [9.17, 15) is 4.79 Å². The molecule has 4 N–H and O–H groups in total. The third-order valence-corrected chi connectivity index (χ3v) is 4.12. The van der Waals surface area contributed by atoms with Crippen LogP contribution in [0.1, 0.15) is 37.3 Å². The highest BCUT2D eigenvalue weighted by Crippen LogP contribution is 2.41. The van der Waals surface area contributed by atoms with Crippen LogP contribution in [-0.2, 0) is 17.8 Å². The average molecular weight is 275 g/mol. The molecule has 0 saturated heterocycles. The first-order valence-corrected chi connectivity index (χ1v) is 6.96. The van der Waals surface area contributed by atoms with Gasteiger partial charge in [-0.25, -0.2) is 0 Å². The minimum Gasteiger partial charge on any atom is -0.409 e. The zero-order valence-corrected chi connectivity index (χ0v) is 11.7. The fourth-order valence-corrected chi connectivity index (χ4v) is 2.47. The van der Waals surface area contributed by atoms with Crippen LogP contribution in [0, 0.1) is 5.41 Å². The van der Waals surface area contributed by atoms with Crippen LogP contribution < -0.4 is 11.1 Å². The maximum Gasteiger partial charge on any atom is 0.234 e. The Bertz CT molecular complexity index is 504. The van der Waals surface area contributed by atoms with E-state index in [1.54, 1.807) is 0 Å². The lowest BCUT2D eigenvalue weighted by atomic mass is 9.67. The van der Waals surface area contributed by atoms with Crippen LogP contribution in [0.2, 0.25) is 0 Å². The number of nitrogens with one attached hydrogen (secondary N) is 1. The molecule has 2 rings (SSSR count). The molecule has 0 heterocycles. The monoisotopic (exact) mass is 275 g/mol. The fraction of sp³-hybridized carbons (Fsp3) is 0.467. The summed E-state index contributed by atoms with van der Waals surface area (Å²) >= 11 is 0. The van der Waals surface area contributed by atoms with Gasteiger partial charge in [0, 0.05) is 6.54 Å². The number of aryl methyl sites for hydroxylation is 1. The number of rotatable bonds is 5. The zero-order chi connectivity index (χ0) is 14.6. The Kier molecular flexibility index (Phi) is 4.27. The lowest BCUT2D eigenvalue weighted by molar-refractivity contribution is -0.131. The number of hydrogen-bond donors (Lipinski definition) is 3. The van der Waals surface area contributed by atoms with Crippen molar-refractivity contribution in [2.24, 2.45) is 16.3 Å². The van der Waals surface area contributed by atoms with E-state index in [-0.39, 0.29) is 11.7 Å². The maximum atomic E-state index is 12.3. The highest BCUT2D eigenvalue weighted by atomic mass is 16.4. The maximum absolute atomic E-state index is 12.3. The van der Waals surface area contributed by atoms with E-state index in [2.05, 4.69) is 29.5 Å². The predicted octanol–water partition coefficient (Wildman–Crippen LogP) is 1.78. The Morgan fingerprint density at radius 2 is 1.95 bits per heavy atom. The van der Waals surface area contributed by atoms with Gasteiger partial charge in [-0.05, 0) is 30.4 Å². The predicted molar refractivity (Wildman–Crippen MR) is 77.4 cm³/mol. The van der Waals surface area contributed by atoms with E-state index >= 15 is 0 Å². The van der Waals surface area contributed by atoms with Gasteiger partial charge in [-0.3, -0.25) is 4.79 Å². The van der Waals surface area contributed by atoms with Crippen molar-refractivity contribution in [1.29, 1.82) is 0 Å². The molecule has 0 aliphatic heterocycles. The van der Waals surface area contributed by atoms with Crippen molar-refractivity contribution in [2.45, 2.75) is 39.2 Å². The Balaban J connectivity index is 1.97. The molecule has 5 heteroatoms. The van der Waals surface area contributed by atoms with Crippen molar-refractivity contribution in [3.05, 3.63) is 35.4 Å². The molecule has 1 aliphatic carbocycles. The molecule has 0 unspecified atom stereocenters. The lowest BCUT2D eigenvalue weighted by Gasteiger charge is -2.38. The Morgan fingerprint density at radius 1 is 1.35 bits per heavy atom. The molecule has 108 valence electrons. The molecule has 20 heavy (non-hydrogen) atoms. The second-order valence-electron chi connectivity index (χ2n) is 5.27. The number of carbonyl (C=O) groups is 1. The highest BCUT2D eigenvalue weighted by Gasteiger charge is 2.48. The van der Waals surface area contributed by atoms with Crippen molar-refractivity contribution in [1.82, 2.24) is 5.32 Å². The summed E-state index contributed by atoms with van der Waals surface area (Å²) in [4.78, 5) is 12.3. The Labute approximate surface area is 118 Å². The summed E-state index contributed by atoms with van der Waals surface area (Å²) in [5, 5.41) is 14.7. The topological polar surface area (TPSA) is 87.7 Å². The Morgan fingerprint density at radius 3 is 2.40 bits per heavy atom. The quantitative estimate of drug-likeness (QED) is 0.331. The smallest absolute Gasteiger partial charge is 0.234 e. The molecule has 0 aromatic heterocycles. The summed E-state index contributed by atoms with van der Waals surface area (Å²) in [6.45, 7) is 2.57. The third kappa shape index (κ3) is 2.61. The van der Waals surface area contributed by atoms with E-state index < -0.39 is 5.41 Å². The van der Waals surface area contributed by atoms with Crippen molar-refractivity contribution >= 4 is 11.7 Å². The summed E-state index contributed by atoms with van der Waals surface area (Å²) in [7, 11) is 0. The van der Waals surface area contributed by atoms with E-state index in [1.165, 1.54) is 5.56 Å². The van der Waals surface area contributed by atoms with E-state index in [0.717, 1.165) is 18.4 Å². The molecule has 1 aliphatic rings. The van der Waals surface area contributed by atoms with Gasteiger partial charge >= 0.3 is 0 Å². The van der Waals surface area contributed by atoms with Crippen LogP contribution in [0.3, 0.4) is 0 Å². The highest BCUT2D eigenvalue weighted by molar-refractivity contribution is 6.07. The molecule has 1 saturated carbocycles. The van der Waals surface area contributed by atoms with Gasteiger partial charge in [-0.2, -0.15) is 0 Å². The van der Waals surface area contributed by atoms with Gasteiger partial charge in [0.1, 0.15) is 5.41 Å². The zero-order valence-electron chi connectivity index (χ0n) is 11.7. The molecule has 5 nitrogen and oxygen atoms in total. The van der Waals surface area contributed by atoms with Gasteiger partial charge in [0.25, 0.3) is 0 Å². The number of amidine groups is 1. The molecule has 1 aromatic carbocycles. The molecule has 0 atom stereocenters. The van der Waals surface area contributed by atoms with Crippen LogP contribution in [0.5, 0.6) is 0 Å². The molecular formula is C15H21N3O2. The normalized spacial score (nSPS) is 17.4. The number of benzene rings is 1. The molecular weight excluding hydrogens is 254 g/mol. The van der Waals surface area contributed by atoms with Gasteiger partial charge in [0.05, 0.1) is 0 Å². The van der Waals surface area contributed by atoms with Gasteiger partial charge in [-0.1, -0.05) is 42.8 Å². The minimum absolute atomic E-state index is 0.0163. The van der Waals surface area contributed by atoms with Crippen molar-refractivity contribution in [3.8, 4) is 0 Å². The average Bonchev–Trinajstić information content (AvgIpc) is 2.44. The third-order valence-electron chi connectivity index (χ3n) is 4.12. The summed E-state index contributed by atoms with van der Waals surface area (Å²) in [6, 6.07) is 8.14. The second kappa shape index (κ2) is 5.94. The van der Waals surface area contributed by atoms with Gasteiger partial charge in [0.15, 0.2) is 5.84 Å². The first-order valence-electron chi connectivity index (χ1n) is 6.96. The van der Waals surface area contributed by atoms with Crippen LogP contribution in [0.25, 0.3) is 0 Å². The van der Waals surface area contributed by atoms with Crippen molar-refractivity contribution < 1.29 is 10.0 Å². The summed E-state index contributed by atoms with van der Waals surface area (Å²) < 4.78 is 0. The van der Waals surface area contributed by atoms with E-state index in [4.69, 9.17) is 10.9 Å². The lowest BCUT2D eigenvalue weighted by Crippen LogP contribution is -2.53. The number of carbonyl (C=O) groups excluding carboxylic acids is 1. The summed E-state index contributed by atoms with van der Waals surface area (Å²) in [6.07, 6.45) is 3.21. The summed E-state index contributed by atoms with van der Waals surface area (Å²) in [5.41, 5.74) is 7.17. The van der Waals surface area contributed by atoms with Gasteiger partial charge in [0.2, 0.25) is 5.91 Å². The molecule has 0 bridgehead atoms. The SMILES string of the molecule is CCc1ccc(CNC(=O)C2(/C(N)=N/O)CCC2)cc1. The second-order valence-corrected chi connectivity index (χ2v) is 5.27. The van der Waals surface area contributed by atoms with Crippen LogP contribution >= 0.6 is 0 Å². The number of amides is 1. The van der Waals surface area contributed by atoms with Gasteiger partial charge in [-0.15, -0.1) is 0 Å². The van der Waals surface area contributed by atoms with E-state index in [1.807, 2.05) is 12.1 Å². The van der Waals surface area contributed by atoms with Gasteiger partial charge < -0.3 is 16.3 Å². The number of hydrogen-bond acceptors (Lipinski definition) is 3. The number of oxime groups is 1.